The molecule has 1 aromatic heterocycles. The van der Waals surface area contributed by atoms with Crippen LogP contribution in [0.25, 0.3) is 10.9 Å². The van der Waals surface area contributed by atoms with Gasteiger partial charge in [-0.1, -0.05) is 12.1 Å². The fourth-order valence-corrected chi connectivity index (χ4v) is 3.89. The van der Waals surface area contributed by atoms with Gasteiger partial charge in [0.1, 0.15) is 5.69 Å². The Labute approximate surface area is 179 Å². The third-order valence-electron chi connectivity index (χ3n) is 5.45. The highest BCUT2D eigenvalue weighted by Gasteiger charge is 2.39. The maximum atomic E-state index is 13.4. The zero-order valence-electron chi connectivity index (χ0n) is 16.7. The van der Waals surface area contributed by atoms with Crippen molar-refractivity contribution in [3.8, 4) is 0 Å². The Bertz CT molecular complexity index is 971. The summed E-state index contributed by atoms with van der Waals surface area (Å²) < 4.78 is 80.3. The number of para-hydroxylation sites is 1. The SMILES string of the molecule is NC(=O)CNCC1CCC(C(O)c2cc(C(F)(F)F)nc3c(C(F)(F)F)cccc23)NC1. The van der Waals surface area contributed by atoms with Crippen molar-refractivity contribution < 1.29 is 36.2 Å². The zero-order valence-corrected chi connectivity index (χ0v) is 16.7. The number of nitrogens with zero attached hydrogens (tertiary/aromatic N) is 1. The summed E-state index contributed by atoms with van der Waals surface area (Å²) in [5.41, 5.74) is 1.13. The first-order valence-corrected chi connectivity index (χ1v) is 9.86. The maximum Gasteiger partial charge on any atom is 0.433 e. The number of carbonyl (C=O) groups is 1. The van der Waals surface area contributed by atoms with Crippen molar-refractivity contribution in [1.29, 1.82) is 0 Å². The summed E-state index contributed by atoms with van der Waals surface area (Å²) in [7, 11) is 0. The van der Waals surface area contributed by atoms with E-state index in [2.05, 4.69) is 15.6 Å². The summed E-state index contributed by atoms with van der Waals surface area (Å²) in [6.07, 6.45) is -10.4. The van der Waals surface area contributed by atoms with Crippen molar-refractivity contribution >= 4 is 16.8 Å². The quantitative estimate of drug-likeness (QED) is 0.493. The molecule has 176 valence electrons. The lowest BCUT2D eigenvalue weighted by atomic mass is 9.88. The predicted molar refractivity (Wildman–Crippen MR) is 103 cm³/mol. The van der Waals surface area contributed by atoms with Crippen molar-refractivity contribution in [2.45, 2.75) is 37.3 Å². The molecule has 0 radical (unpaired) electrons. The largest absolute Gasteiger partial charge is 0.433 e. The number of benzene rings is 1. The van der Waals surface area contributed by atoms with Crippen LogP contribution in [0.2, 0.25) is 0 Å². The van der Waals surface area contributed by atoms with Gasteiger partial charge in [0, 0.05) is 11.4 Å². The van der Waals surface area contributed by atoms with Gasteiger partial charge in [-0.3, -0.25) is 4.79 Å². The molecule has 1 aliphatic heterocycles. The highest BCUT2D eigenvalue weighted by atomic mass is 19.4. The summed E-state index contributed by atoms with van der Waals surface area (Å²) in [5, 5.41) is 16.6. The summed E-state index contributed by atoms with van der Waals surface area (Å²) in [6, 6.07) is 2.90. The standard InChI is InChI=1S/C20H22F6N4O2/c21-19(22,23)13-3-1-2-11-12(6-15(20(24,25)26)30-17(11)13)18(32)14-5-4-10(8-29-14)7-28-9-16(27)31/h1-3,6,10,14,18,28-29,32H,4-5,7-9H2,(H2,27,31). The Balaban J connectivity index is 1.90. The molecule has 1 saturated heterocycles. The topological polar surface area (TPSA) is 100 Å². The molecule has 5 N–H and O–H groups in total. The average molecular weight is 464 g/mol. The monoisotopic (exact) mass is 464 g/mol. The number of aliphatic hydroxyl groups is 1. The molecule has 1 amide bonds. The minimum absolute atomic E-state index is 0.00726. The Morgan fingerprint density at radius 1 is 1.22 bits per heavy atom. The van der Waals surface area contributed by atoms with E-state index >= 15 is 0 Å². The fraction of sp³-hybridized carbons (Fsp3) is 0.500. The number of pyridine rings is 1. The summed E-state index contributed by atoms with van der Waals surface area (Å²) in [5.74, 6) is -0.417. The number of aromatic nitrogens is 1. The molecule has 0 bridgehead atoms. The predicted octanol–water partition coefficient (Wildman–Crippen LogP) is 2.75. The number of rotatable bonds is 6. The molecular weight excluding hydrogens is 442 g/mol. The summed E-state index contributed by atoms with van der Waals surface area (Å²) >= 11 is 0. The Morgan fingerprint density at radius 2 is 1.94 bits per heavy atom. The molecule has 2 heterocycles. The van der Waals surface area contributed by atoms with Gasteiger partial charge < -0.3 is 21.5 Å². The van der Waals surface area contributed by atoms with Crippen molar-refractivity contribution in [1.82, 2.24) is 15.6 Å². The molecule has 0 aliphatic carbocycles. The van der Waals surface area contributed by atoms with Gasteiger partial charge in [0.2, 0.25) is 5.91 Å². The second kappa shape index (κ2) is 9.20. The molecule has 1 aliphatic rings. The van der Waals surface area contributed by atoms with Crippen LogP contribution in [0.4, 0.5) is 26.3 Å². The van der Waals surface area contributed by atoms with Crippen LogP contribution in [-0.2, 0) is 17.1 Å². The number of carbonyl (C=O) groups excluding carboxylic acids is 1. The van der Waals surface area contributed by atoms with Gasteiger partial charge in [0.05, 0.1) is 23.7 Å². The molecule has 3 unspecified atom stereocenters. The number of amides is 1. The average Bonchev–Trinajstić information content (AvgIpc) is 2.71. The molecule has 0 spiro atoms. The van der Waals surface area contributed by atoms with E-state index < -0.39 is 47.2 Å². The van der Waals surface area contributed by atoms with Crippen molar-refractivity contribution in [3.63, 3.8) is 0 Å². The highest BCUT2D eigenvalue weighted by molar-refractivity contribution is 5.86. The van der Waals surface area contributed by atoms with Crippen molar-refractivity contribution in [3.05, 3.63) is 41.1 Å². The number of primary amides is 1. The van der Waals surface area contributed by atoms with Gasteiger partial charge in [-0.2, -0.15) is 26.3 Å². The normalized spacial score (nSPS) is 21.0. The van der Waals surface area contributed by atoms with Gasteiger partial charge in [-0.15, -0.1) is 0 Å². The molecule has 2 aromatic rings. The zero-order chi connectivity index (χ0) is 23.7. The Kier molecular flexibility index (Phi) is 6.96. The van der Waals surface area contributed by atoms with Gasteiger partial charge in [-0.05, 0) is 49.5 Å². The van der Waals surface area contributed by atoms with Crippen LogP contribution in [-0.4, -0.2) is 41.7 Å². The van der Waals surface area contributed by atoms with Gasteiger partial charge in [-0.25, -0.2) is 4.98 Å². The Morgan fingerprint density at radius 3 is 2.50 bits per heavy atom. The smallest absolute Gasteiger partial charge is 0.387 e. The molecule has 32 heavy (non-hydrogen) atoms. The maximum absolute atomic E-state index is 13.4. The van der Waals surface area contributed by atoms with E-state index in [1.54, 1.807) is 0 Å². The van der Waals surface area contributed by atoms with Crippen LogP contribution in [0.15, 0.2) is 24.3 Å². The number of alkyl halides is 6. The molecule has 12 heteroatoms. The number of hydrogen-bond acceptors (Lipinski definition) is 5. The van der Waals surface area contributed by atoms with Crippen LogP contribution in [0, 0.1) is 5.92 Å². The number of fused-ring (bicyclic) bond motifs is 1. The second-order valence-corrected chi connectivity index (χ2v) is 7.79. The fourth-order valence-electron chi connectivity index (χ4n) is 3.89. The number of nitrogens with two attached hydrogens (primary N) is 1. The number of halogens is 6. The molecule has 1 fully saturated rings. The number of aliphatic hydroxyl groups excluding tert-OH is 1. The van der Waals surface area contributed by atoms with E-state index in [-0.39, 0.29) is 23.4 Å². The number of nitrogens with one attached hydrogen (secondary N) is 2. The van der Waals surface area contributed by atoms with Crippen LogP contribution in [0.1, 0.15) is 35.8 Å². The highest BCUT2D eigenvalue weighted by Crippen LogP contribution is 2.40. The summed E-state index contributed by atoms with van der Waals surface area (Å²) in [4.78, 5) is 14.0. The van der Waals surface area contributed by atoms with Gasteiger partial charge >= 0.3 is 12.4 Å². The van der Waals surface area contributed by atoms with E-state index in [1.807, 2.05) is 0 Å². The van der Waals surface area contributed by atoms with E-state index in [0.717, 1.165) is 6.07 Å². The molecule has 0 saturated carbocycles. The Hall–Kier alpha value is -2.44. The molecule has 3 rings (SSSR count). The number of piperidine rings is 1. The van der Waals surface area contributed by atoms with Crippen LogP contribution >= 0.6 is 0 Å². The first-order valence-electron chi connectivity index (χ1n) is 9.86. The van der Waals surface area contributed by atoms with E-state index in [4.69, 9.17) is 5.73 Å². The third-order valence-corrected chi connectivity index (χ3v) is 5.45. The van der Waals surface area contributed by atoms with Crippen molar-refractivity contribution in [2.24, 2.45) is 11.7 Å². The first kappa shape index (κ1) is 24.2. The molecule has 1 aromatic carbocycles. The lowest BCUT2D eigenvalue weighted by Gasteiger charge is -2.33. The number of hydrogen-bond donors (Lipinski definition) is 4. The molecule has 3 atom stereocenters. The van der Waals surface area contributed by atoms with E-state index in [9.17, 15) is 36.2 Å². The molecular formula is C20H22F6N4O2. The lowest BCUT2D eigenvalue weighted by molar-refractivity contribution is -0.142. The van der Waals surface area contributed by atoms with Crippen LogP contribution in [0.3, 0.4) is 0 Å². The van der Waals surface area contributed by atoms with Gasteiger partial charge in [0.25, 0.3) is 0 Å². The van der Waals surface area contributed by atoms with Crippen LogP contribution < -0.4 is 16.4 Å². The lowest BCUT2D eigenvalue weighted by Crippen LogP contribution is -2.46. The summed E-state index contributed by atoms with van der Waals surface area (Å²) in [6.45, 7) is 0.883. The second-order valence-electron chi connectivity index (χ2n) is 7.79. The van der Waals surface area contributed by atoms with Gasteiger partial charge in [0.15, 0.2) is 0 Å². The van der Waals surface area contributed by atoms with E-state index in [1.165, 1.54) is 6.07 Å². The minimum atomic E-state index is -4.99. The first-order chi connectivity index (χ1) is 14.9. The van der Waals surface area contributed by atoms with Crippen molar-refractivity contribution in [2.75, 3.05) is 19.6 Å². The van der Waals surface area contributed by atoms with Crippen LogP contribution in [0.5, 0.6) is 0 Å². The molecule has 6 nitrogen and oxygen atoms in total. The van der Waals surface area contributed by atoms with E-state index in [0.29, 0.717) is 38.1 Å². The minimum Gasteiger partial charge on any atom is -0.387 e. The third kappa shape index (κ3) is 5.48.